The SMILES string of the molecule is CCN1CCN(c2ccc(C#N)cc2OC)CC1. The third kappa shape index (κ3) is 2.57. The summed E-state index contributed by atoms with van der Waals surface area (Å²) in [7, 11) is 1.66. The van der Waals surface area contributed by atoms with Crippen LogP contribution in [-0.4, -0.2) is 44.7 Å². The first-order valence-corrected chi connectivity index (χ1v) is 6.34. The third-order valence-electron chi connectivity index (χ3n) is 3.47. The second-order valence-electron chi connectivity index (χ2n) is 4.42. The maximum Gasteiger partial charge on any atom is 0.143 e. The lowest BCUT2D eigenvalue weighted by molar-refractivity contribution is 0.270. The molecule has 18 heavy (non-hydrogen) atoms. The highest BCUT2D eigenvalue weighted by molar-refractivity contribution is 5.61. The summed E-state index contributed by atoms with van der Waals surface area (Å²) in [6.07, 6.45) is 0. The predicted molar refractivity (Wildman–Crippen MR) is 72.0 cm³/mol. The van der Waals surface area contributed by atoms with Crippen LogP contribution in [0.5, 0.6) is 5.75 Å². The van der Waals surface area contributed by atoms with Gasteiger partial charge >= 0.3 is 0 Å². The normalized spacial score (nSPS) is 16.4. The van der Waals surface area contributed by atoms with E-state index in [0.29, 0.717) is 5.56 Å². The molecule has 1 aromatic rings. The van der Waals surface area contributed by atoms with Gasteiger partial charge in [-0.15, -0.1) is 0 Å². The molecule has 0 saturated carbocycles. The summed E-state index contributed by atoms with van der Waals surface area (Å²) in [6, 6.07) is 7.78. The van der Waals surface area contributed by atoms with Gasteiger partial charge in [0.05, 0.1) is 24.4 Å². The van der Waals surface area contributed by atoms with Crippen LogP contribution in [0.3, 0.4) is 0 Å². The molecule has 96 valence electrons. The number of rotatable bonds is 3. The Labute approximate surface area is 108 Å². The molecule has 1 saturated heterocycles. The molecule has 0 aliphatic carbocycles. The zero-order chi connectivity index (χ0) is 13.0. The molecular weight excluding hydrogens is 226 g/mol. The van der Waals surface area contributed by atoms with E-state index in [2.05, 4.69) is 22.8 Å². The van der Waals surface area contributed by atoms with E-state index in [1.54, 1.807) is 7.11 Å². The number of nitrogens with zero attached hydrogens (tertiary/aromatic N) is 3. The van der Waals surface area contributed by atoms with Gasteiger partial charge in [-0.1, -0.05) is 6.92 Å². The van der Waals surface area contributed by atoms with Crippen molar-refractivity contribution in [1.29, 1.82) is 5.26 Å². The minimum atomic E-state index is 0.641. The Kier molecular flexibility index (Phi) is 4.06. The van der Waals surface area contributed by atoms with Crippen LogP contribution < -0.4 is 9.64 Å². The van der Waals surface area contributed by atoms with E-state index in [9.17, 15) is 0 Å². The highest BCUT2D eigenvalue weighted by Gasteiger charge is 2.18. The Balaban J connectivity index is 2.16. The monoisotopic (exact) mass is 245 g/mol. The van der Waals surface area contributed by atoms with Gasteiger partial charge < -0.3 is 14.5 Å². The van der Waals surface area contributed by atoms with Crippen molar-refractivity contribution in [1.82, 2.24) is 4.90 Å². The minimum Gasteiger partial charge on any atom is -0.495 e. The first-order valence-electron chi connectivity index (χ1n) is 6.34. The van der Waals surface area contributed by atoms with Crippen molar-refractivity contribution in [3.8, 4) is 11.8 Å². The highest BCUT2D eigenvalue weighted by Crippen LogP contribution is 2.29. The van der Waals surface area contributed by atoms with Crippen LogP contribution in [0.1, 0.15) is 12.5 Å². The van der Waals surface area contributed by atoms with Gasteiger partial charge in [-0.25, -0.2) is 0 Å². The zero-order valence-electron chi connectivity index (χ0n) is 11.0. The Bertz CT molecular complexity index is 445. The fourth-order valence-electron chi connectivity index (χ4n) is 2.31. The summed E-state index contributed by atoms with van der Waals surface area (Å²) in [5.41, 5.74) is 1.73. The Morgan fingerprint density at radius 2 is 2.00 bits per heavy atom. The Hall–Kier alpha value is -1.73. The molecule has 4 heteroatoms. The summed E-state index contributed by atoms with van der Waals surface area (Å²) in [5.74, 6) is 0.791. The van der Waals surface area contributed by atoms with Crippen LogP contribution in [-0.2, 0) is 0 Å². The van der Waals surface area contributed by atoms with Crippen LogP contribution in [0, 0.1) is 11.3 Å². The van der Waals surface area contributed by atoms with Crippen molar-refractivity contribution in [3.63, 3.8) is 0 Å². The van der Waals surface area contributed by atoms with E-state index in [1.807, 2.05) is 18.2 Å². The fourth-order valence-corrected chi connectivity index (χ4v) is 2.31. The quantitative estimate of drug-likeness (QED) is 0.812. The maximum absolute atomic E-state index is 8.90. The van der Waals surface area contributed by atoms with Gasteiger partial charge in [-0.05, 0) is 18.7 Å². The second kappa shape index (κ2) is 5.74. The number of hydrogen-bond donors (Lipinski definition) is 0. The van der Waals surface area contributed by atoms with E-state index >= 15 is 0 Å². The molecule has 1 fully saturated rings. The van der Waals surface area contributed by atoms with Gasteiger partial charge in [0.1, 0.15) is 5.75 Å². The number of piperazine rings is 1. The van der Waals surface area contributed by atoms with Crippen LogP contribution in [0.4, 0.5) is 5.69 Å². The molecule has 0 amide bonds. The number of anilines is 1. The first kappa shape index (κ1) is 12.7. The molecule has 1 heterocycles. The van der Waals surface area contributed by atoms with Crippen molar-refractivity contribution in [3.05, 3.63) is 23.8 Å². The number of methoxy groups -OCH3 is 1. The number of likely N-dealkylation sites (N-methyl/N-ethyl adjacent to an activating group) is 1. The lowest BCUT2D eigenvalue weighted by Gasteiger charge is -2.36. The van der Waals surface area contributed by atoms with Crippen LogP contribution in [0.15, 0.2) is 18.2 Å². The lowest BCUT2D eigenvalue weighted by Crippen LogP contribution is -2.46. The van der Waals surface area contributed by atoms with Crippen molar-refractivity contribution in [2.24, 2.45) is 0 Å². The zero-order valence-corrected chi connectivity index (χ0v) is 11.0. The van der Waals surface area contributed by atoms with E-state index in [4.69, 9.17) is 10.00 Å². The van der Waals surface area contributed by atoms with Crippen LogP contribution in [0.2, 0.25) is 0 Å². The van der Waals surface area contributed by atoms with Gasteiger partial charge in [0.2, 0.25) is 0 Å². The summed E-state index contributed by atoms with van der Waals surface area (Å²) in [4.78, 5) is 4.76. The largest absolute Gasteiger partial charge is 0.495 e. The molecule has 1 aromatic carbocycles. The van der Waals surface area contributed by atoms with Crippen LogP contribution >= 0.6 is 0 Å². The van der Waals surface area contributed by atoms with Crippen molar-refractivity contribution >= 4 is 5.69 Å². The molecule has 1 aliphatic rings. The van der Waals surface area contributed by atoms with Crippen molar-refractivity contribution in [2.75, 3.05) is 44.7 Å². The van der Waals surface area contributed by atoms with E-state index < -0.39 is 0 Å². The van der Waals surface area contributed by atoms with Gasteiger partial charge in [0.15, 0.2) is 0 Å². The number of hydrogen-bond acceptors (Lipinski definition) is 4. The van der Waals surface area contributed by atoms with Gasteiger partial charge in [-0.3, -0.25) is 0 Å². The summed E-state index contributed by atoms with van der Waals surface area (Å²) < 4.78 is 5.39. The average molecular weight is 245 g/mol. The fraction of sp³-hybridized carbons (Fsp3) is 0.500. The topological polar surface area (TPSA) is 39.5 Å². The standard InChI is InChI=1S/C14H19N3O/c1-3-16-6-8-17(9-7-16)13-5-4-12(11-15)10-14(13)18-2/h4-5,10H,3,6-9H2,1-2H3. The molecular formula is C14H19N3O. The van der Waals surface area contributed by atoms with E-state index in [1.165, 1.54) is 0 Å². The minimum absolute atomic E-state index is 0.641. The number of ether oxygens (including phenoxy) is 1. The molecule has 0 radical (unpaired) electrons. The number of benzene rings is 1. The second-order valence-corrected chi connectivity index (χ2v) is 4.42. The van der Waals surface area contributed by atoms with Crippen LogP contribution in [0.25, 0.3) is 0 Å². The molecule has 0 unspecified atom stereocenters. The predicted octanol–water partition coefficient (Wildman–Crippen LogP) is 1.71. The Morgan fingerprint density at radius 3 is 2.56 bits per heavy atom. The van der Waals surface area contributed by atoms with Gasteiger partial charge in [0, 0.05) is 32.2 Å². The average Bonchev–Trinajstić information content (AvgIpc) is 2.46. The highest BCUT2D eigenvalue weighted by atomic mass is 16.5. The summed E-state index contributed by atoms with van der Waals surface area (Å²) in [6.45, 7) is 7.49. The molecule has 4 nitrogen and oxygen atoms in total. The molecule has 0 bridgehead atoms. The van der Waals surface area contributed by atoms with Crippen molar-refractivity contribution in [2.45, 2.75) is 6.92 Å². The van der Waals surface area contributed by atoms with Gasteiger partial charge in [-0.2, -0.15) is 5.26 Å². The molecule has 1 aliphatic heterocycles. The third-order valence-corrected chi connectivity index (χ3v) is 3.47. The molecule has 0 spiro atoms. The molecule has 0 N–H and O–H groups in total. The number of nitriles is 1. The van der Waals surface area contributed by atoms with E-state index in [0.717, 1.165) is 44.2 Å². The summed E-state index contributed by atoms with van der Waals surface area (Å²) >= 11 is 0. The first-order chi connectivity index (χ1) is 8.78. The Morgan fingerprint density at radius 1 is 1.28 bits per heavy atom. The maximum atomic E-state index is 8.90. The smallest absolute Gasteiger partial charge is 0.143 e. The molecule has 0 atom stereocenters. The van der Waals surface area contributed by atoms with Crippen molar-refractivity contribution < 1.29 is 4.74 Å². The van der Waals surface area contributed by atoms with E-state index in [-0.39, 0.29) is 0 Å². The molecule has 2 rings (SSSR count). The lowest BCUT2D eigenvalue weighted by atomic mass is 10.1. The summed E-state index contributed by atoms with van der Waals surface area (Å²) in [5, 5.41) is 8.90. The molecule has 0 aromatic heterocycles. The van der Waals surface area contributed by atoms with Gasteiger partial charge in [0.25, 0.3) is 0 Å².